The van der Waals surface area contributed by atoms with E-state index in [-0.39, 0.29) is 12.0 Å². The Bertz CT molecular complexity index is 242. The van der Waals surface area contributed by atoms with E-state index in [1.165, 1.54) is 6.42 Å². The predicted octanol–water partition coefficient (Wildman–Crippen LogP) is 1.37. The summed E-state index contributed by atoms with van der Waals surface area (Å²) in [6.45, 7) is 4.13. The summed E-state index contributed by atoms with van der Waals surface area (Å²) in [6, 6.07) is 0.120. The minimum absolute atomic E-state index is 0.120. The molecule has 15 heavy (non-hydrogen) atoms. The third-order valence-corrected chi connectivity index (χ3v) is 3.86. The molecule has 0 radical (unpaired) electrons. The molecule has 3 atom stereocenters. The molecule has 1 aliphatic heterocycles. The zero-order valence-electron chi connectivity index (χ0n) is 9.61. The van der Waals surface area contributed by atoms with E-state index in [2.05, 4.69) is 6.92 Å². The zero-order chi connectivity index (χ0) is 10.8. The van der Waals surface area contributed by atoms with Crippen LogP contribution in [0.15, 0.2) is 0 Å². The maximum absolute atomic E-state index is 12.2. The molecule has 0 aromatic rings. The highest BCUT2D eigenvalue weighted by molar-refractivity contribution is 5.80. The topological polar surface area (TPSA) is 46.3 Å². The summed E-state index contributed by atoms with van der Waals surface area (Å²) in [6.07, 6.45) is 5.58. The van der Waals surface area contributed by atoms with Gasteiger partial charge >= 0.3 is 0 Å². The highest BCUT2D eigenvalue weighted by Gasteiger charge is 2.34. The van der Waals surface area contributed by atoms with E-state index in [1.807, 2.05) is 4.90 Å². The van der Waals surface area contributed by atoms with Gasteiger partial charge < -0.3 is 10.6 Å². The van der Waals surface area contributed by atoms with E-state index in [1.54, 1.807) is 0 Å². The Kier molecular flexibility index (Phi) is 3.29. The normalized spacial score (nSPS) is 36.9. The lowest BCUT2D eigenvalue weighted by Gasteiger charge is -2.33. The molecule has 2 fully saturated rings. The van der Waals surface area contributed by atoms with Gasteiger partial charge in [0.1, 0.15) is 0 Å². The summed E-state index contributed by atoms with van der Waals surface area (Å²) >= 11 is 0. The minimum atomic E-state index is 0.120. The lowest BCUT2D eigenvalue weighted by molar-refractivity contribution is -0.137. The fraction of sp³-hybridized carbons (Fsp3) is 0.917. The van der Waals surface area contributed by atoms with Crippen LogP contribution in [0.4, 0.5) is 0 Å². The molecule has 2 N–H and O–H groups in total. The van der Waals surface area contributed by atoms with Crippen molar-refractivity contribution < 1.29 is 4.79 Å². The van der Waals surface area contributed by atoms with Crippen molar-refractivity contribution in [1.82, 2.24) is 4.90 Å². The number of piperidine rings is 1. The van der Waals surface area contributed by atoms with Crippen molar-refractivity contribution in [3.05, 3.63) is 0 Å². The first-order chi connectivity index (χ1) is 7.18. The molecule has 0 bridgehead atoms. The number of hydrogen-bond donors (Lipinski definition) is 1. The molecule has 1 amide bonds. The second-order valence-electron chi connectivity index (χ2n) is 5.23. The summed E-state index contributed by atoms with van der Waals surface area (Å²) in [5, 5.41) is 0. The van der Waals surface area contributed by atoms with Gasteiger partial charge in [-0.1, -0.05) is 13.3 Å². The van der Waals surface area contributed by atoms with Gasteiger partial charge in [-0.15, -0.1) is 0 Å². The van der Waals surface area contributed by atoms with Crippen molar-refractivity contribution in [2.75, 3.05) is 13.1 Å². The SMILES string of the molecule is CC1CCCN(C(=O)C2CCCC2N)C1. The number of nitrogens with two attached hydrogens (primary N) is 1. The predicted molar refractivity (Wildman–Crippen MR) is 60.3 cm³/mol. The Hall–Kier alpha value is -0.570. The fourth-order valence-corrected chi connectivity index (χ4v) is 2.92. The van der Waals surface area contributed by atoms with Crippen LogP contribution in [0.1, 0.15) is 39.0 Å². The number of nitrogens with zero attached hydrogens (tertiary/aromatic N) is 1. The Balaban J connectivity index is 1.94. The number of likely N-dealkylation sites (tertiary alicyclic amines) is 1. The van der Waals surface area contributed by atoms with Crippen LogP contribution in [-0.4, -0.2) is 29.9 Å². The van der Waals surface area contributed by atoms with Crippen LogP contribution in [0.5, 0.6) is 0 Å². The maximum Gasteiger partial charge on any atom is 0.227 e. The average molecular weight is 210 g/mol. The molecular formula is C12H22N2O. The lowest BCUT2D eigenvalue weighted by atomic mass is 9.96. The smallest absolute Gasteiger partial charge is 0.227 e. The van der Waals surface area contributed by atoms with Gasteiger partial charge in [0.15, 0.2) is 0 Å². The molecule has 0 aromatic carbocycles. The number of amides is 1. The van der Waals surface area contributed by atoms with Gasteiger partial charge in [0, 0.05) is 19.1 Å². The van der Waals surface area contributed by atoms with Crippen LogP contribution in [0.2, 0.25) is 0 Å². The van der Waals surface area contributed by atoms with E-state index >= 15 is 0 Å². The highest BCUT2D eigenvalue weighted by Crippen LogP contribution is 2.27. The van der Waals surface area contributed by atoms with Crippen LogP contribution in [0, 0.1) is 11.8 Å². The van der Waals surface area contributed by atoms with Crippen molar-refractivity contribution in [2.45, 2.75) is 45.1 Å². The van der Waals surface area contributed by atoms with Crippen LogP contribution in [0.3, 0.4) is 0 Å². The molecule has 3 nitrogen and oxygen atoms in total. The average Bonchev–Trinajstić information content (AvgIpc) is 2.63. The molecular weight excluding hydrogens is 188 g/mol. The van der Waals surface area contributed by atoms with Gasteiger partial charge in [-0.25, -0.2) is 0 Å². The minimum Gasteiger partial charge on any atom is -0.342 e. The molecule has 3 unspecified atom stereocenters. The van der Waals surface area contributed by atoms with Crippen molar-refractivity contribution in [3.8, 4) is 0 Å². The van der Waals surface area contributed by atoms with Crippen molar-refractivity contribution in [2.24, 2.45) is 17.6 Å². The van der Waals surface area contributed by atoms with Crippen LogP contribution >= 0.6 is 0 Å². The van der Waals surface area contributed by atoms with Crippen molar-refractivity contribution >= 4 is 5.91 Å². The van der Waals surface area contributed by atoms with Gasteiger partial charge in [-0.2, -0.15) is 0 Å². The Morgan fingerprint density at radius 2 is 2.07 bits per heavy atom. The van der Waals surface area contributed by atoms with Gasteiger partial charge in [-0.05, 0) is 31.6 Å². The lowest BCUT2D eigenvalue weighted by Crippen LogP contribution is -2.45. The van der Waals surface area contributed by atoms with Gasteiger partial charge in [0.2, 0.25) is 5.91 Å². The first-order valence-electron chi connectivity index (χ1n) is 6.23. The van der Waals surface area contributed by atoms with E-state index in [0.29, 0.717) is 11.8 Å². The van der Waals surface area contributed by atoms with E-state index in [4.69, 9.17) is 5.73 Å². The Morgan fingerprint density at radius 3 is 2.67 bits per heavy atom. The summed E-state index contributed by atoms with van der Waals surface area (Å²) < 4.78 is 0. The molecule has 2 rings (SSSR count). The van der Waals surface area contributed by atoms with Crippen LogP contribution in [-0.2, 0) is 4.79 Å². The Labute approximate surface area is 92.0 Å². The first-order valence-corrected chi connectivity index (χ1v) is 6.23. The Morgan fingerprint density at radius 1 is 1.27 bits per heavy atom. The summed E-state index contributed by atoms with van der Waals surface area (Å²) in [4.78, 5) is 14.2. The molecule has 0 aromatic heterocycles. The van der Waals surface area contributed by atoms with E-state index < -0.39 is 0 Å². The van der Waals surface area contributed by atoms with Gasteiger partial charge in [0.25, 0.3) is 0 Å². The number of hydrogen-bond acceptors (Lipinski definition) is 2. The molecule has 1 heterocycles. The highest BCUT2D eigenvalue weighted by atomic mass is 16.2. The van der Waals surface area contributed by atoms with Gasteiger partial charge in [-0.3, -0.25) is 4.79 Å². The molecule has 0 spiro atoms. The summed E-state index contributed by atoms with van der Waals surface area (Å²) in [5.74, 6) is 1.11. The maximum atomic E-state index is 12.2. The molecule has 86 valence electrons. The van der Waals surface area contributed by atoms with Crippen LogP contribution in [0.25, 0.3) is 0 Å². The number of carbonyl (C=O) groups is 1. The summed E-state index contributed by atoms with van der Waals surface area (Å²) in [7, 11) is 0. The second kappa shape index (κ2) is 4.52. The molecule has 1 saturated carbocycles. The number of rotatable bonds is 1. The first kappa shape index (κ1) is 10.9. The molecule has 2 aliphatic rings. The van der Waals surface area contributed by atoms with Crippen molar-refractivity contribution in [3.63, 3.8) is 0 Å². The van der Waals surface area contributed by atoms with Gasteiger partial charge in [0.05, 0.1) is 5.92 Å². The standard InChI is InChI=1S/C12H22N2O/c1-9-4-3-7-14(8-9)12(15)10-5-2-6-11(10)13/h9-11H,2-8,13H2,1H3. The second-order valence-corrected chi connectivity index (χ2v) is 5.23. The third-order valence-electron chi connectivity index (χ3n) is 3.86. The number of carbonyl (C=O) groups excluding carboxylic acids is 1. The fourth-order valence-electron chi connectivity index (χ4n) is 2.92. The van der Waals surface area contributed by atoms with E-state index in [9.17, 15) is 4.79 Å². The molecule has 1 saturated heterocycles. The molecule has 3 heteroatoms. The largest absolute Gasteiger partial charge is 0.342 e. The quantitative estimate of drug-likeness (QED) is 0.710. The van der Waals surface area contributed by atoms with Crippen LogP contribution < -0.4 is 5.73 Å². The monoisotopic (exact) mass is 210 g/mol. The zero-order valence-corrected chi connectivity index (χ0v) is 9.61. The molecule has 1 aliphatic carbocycles. The van der Waals surface area contributed by atoms with E-state index in [0.717, 1.165) is 38.8 Å². The third kappa shape index (κ3) is 2.33. The summed E-state index contributed by atoms with van der Waals surface area (Å²) in [5.41, 5.74) is 5.97. The van der Waals surface area contributed by atoms with Crippen molar-refractivity contribution in [1.29, 1.82) is 0 Å².